The predicted molar refractivity (Wildman–Crippen MR) is 62.0 cm³/mol. The van der Waals surface area contributed by atoms with Gasteiger partial charge < -0.3 is 14.8 Å². The molecule has 0 aliphatic rings. The first-order valence-corrected chi connectivity index (χ1v) is 5.16. The first-order chi connectivity index (χ1) is 7.58. The zero-order valence-electron chi connectivity index (χ0n) is 10.1. The molecule has 0 amide bonds. The quantitative estimate of drug-likeness (QED) is 0.784. The van der Waals surface area contributed by atoms with E-state index in [4.69, 9.17) is 9.47 Å². The lowest BCUT2D eigenvalue weighted by molar-refractivity contribution is -0.109. The average Bonchev–Trinajstić information content (AvgIpc) is 2.25. The van der Waals surface area contributed by atoms with E-state index in [-0.39, 0.29) is 18.1 Å². The van der Waals surface area contributed by atoms with E-state index in [0.29, 0.717) is 0 Å². The first-order valence-electron chi connectivity index (χ1n) is 5.16. The Bertz CT molecular complexity index is 340. The Hall–Kier alpha value is -1.13. The Labute approximate surface area is 95.6 Å². The average molecular weight is 227 g/mol. The fourth-order valence-electron chi connectivity index (χ4n) is 1.57. The normalized spacial score (nSPS) is 12.9. The third kappa shape index (κ3) is 3.18. The molecular weight excluding hydrogens is 209 g/mol. The molecule has 0 fully saturated rings. The van der Waals surface area contributed by atoms with E-state index in [1.807, 2.05) is 13.8 Å². The molecule has 0 bridgehead atoms. The number of ether oxygens (including phenoxy) is 2. The summed E-state index contributed by atoms with van der Waals surface area (Å²) < 4.78 is 23.3. The highest BCUT2D eigenvalue weighted by atomic mass is 19.1. The van der Waals surface area contributed by atoms with E-state index >= 15 is 0 Å². The van der Waals surface area contributed by atoms with Gasteiger partial charge in [-0.05, 0) is 31.5 Å². The molecule has 0 aliphatic heterocycles. The molecule has 4 heteroatoms. The van der Waals surface area contributed by atoms with E-state index < -0.39 is 0 Å². The third-order valence-corrected chi connectivity index (χ3v) is 2.46. The van der Waals surface area contributed by atoms with Gasteiger partial charge in [-0.1, -0.05) is 6.07 Å². The smallest absolute Gasteiger partial charge is 0.176 e. The number of hydrogen-bond acceptors (Lipinski definition) is 3. The van der Waals surface area contributed by atoms with E-state index in [9.17, 15) is 4.39 Å². The van der Waals surface area contributed by atoms with Gasteiger partial charge in [0.15, 0.2) is 6.29 Å². The Balaban J connectivity index is 2.75. The predicted octanol–water partition coefficient (Wildman–Crippen LogP) is 2.55. The summed E-state index contributed by atoms with van der Waals surface area (Å²) in [7, 11) is 3.15. The molecule has 1 aromatic rings. The van der Waals surface area contributed by atoms with Crippen LogP contribution in [-0.4, -0.2) is 26.6 Å². The summed E-state index contributed by atoms with van der Waals surface area (Å²) in [5.74, 6) is -0.258. The molecule has 0 saturated carbocycles. The van der Waals surface area contributed by atoms with Crippen molar-refractivity contribution in [3.05, 3.63) is 29.6 Å². The van der Waals surface area contributed by atoms with Crippen molar-refractivity contribution in [3.63, 3.8) is 0 Å². The first kappa shape index (κ1) is 12.9. The van der Waals surface area contributed by atoms with Crippen molar-refractivity contribution in [2.45, 2.75) is 26.2 Å². The lowest BCUT2D eigenvalue weighted by Crippen LogP contribution is -2.34. The molecule has 0 aromatic heterocycles. The summed E-state index contributed by atoms with van der Waals surface area (Å²) in [6, 6.07) is 4.58. The standard InChI is InChI=1S/C12H18FNO2/c1-8-5-6-10(13)7-11(8)14-9(2)12(15-3)16-4/h5-7,9,12,14H,1-4H3. The van der Waals surface area contributed by atoms with Gasteiger partial charge in [-0.15, -0.1) is 0 Å². The zero-order valence-corrected chi connectivity index (χ0v) is 10.1. The maximum atomic E-state index is 13.1. The summed E-state index contributed by atoms with van der Waals surface area (Å²) in [5, 5.41) is 3.16. The van der Waals surface area contributed by atoms with Crippen LogP contribution in [-0.2, 0) is 9.47 Å². The molecule has 3 nitrogen and oxygen atoms in total. The Morgan fingerprint density at radius 1 is 1.25 bits per heavy atom. The molecule has 0 aliphatic carbocycles. The van der Waals surface area contributed by atoms with Crippen LogP contribution in [0.3, 0.4) is 0 Å². The van der Waals surface area contributed by atoms with E-state index in [2.05, 4.69) is 5.32 Å². The van der Waals surface area contributed by atoms with Crippen LogP contribution >= 0.6 is 0 Å². The lowest BCUT2D eigenvalue weighted by atomic mass is 10.1. The number of rotatable bonds is 5. The van der Waals surface area contributed by atoms with Crippen LogP contribution in [0.4, 0.5) is 10.1 Å². The van der Waals surface area contributed by atoms with Gasteiger partial charge in [0.25, 0.3) is 0 Å². The zero-order chi connectivity index (χ0) is 12.1. The molecule has 1 aromatic carbocycles. The second-order valence-corrected chi connectivity index (χ2v) is 3.73. The maximum absolute atomic E-state index is 13.1. The molecule has 1 unspecified atom stereocenters. The van der Waals surface area contributed by atoms with Crippen LogP contribution in [0.5, 0.6) is 0 Å². The lowest BCUT2D eigenvalue weighted by Gasteiger charge is -2.23. The fourth-order valence-corrected chi connectivity index (χ4v) is 1.57. The summed E-state index contributed by atoms with van der Waals surface area (Å²) in [5.41, 5.74) is 1.74. The van der Waals surface area contributed by atoms with E-state index in [0.717, 1.165) is 11.3 Å². The summed E-state index contributed by atoms with van der Waals surface area (Å²) >= 11 is 0. The third-order valence-electron chi connectivity index (χ3n) is 2.46. The summed E-state index contributed by atoms with van der Waals surface area (Å²) in [4.78, 5) is 0. The topological polar surface area (TPSA) is 30.5 Å². The number of halogens is 1. The van der Waals surface area contributed by atoms with Gasteiger partial charge >= 0.3 is 0 Å². The van der Waals surface area contributed by atoms with E-state index in [1.54, 1.807) is 20.3 Å². The minimum atomic E-state index is -0.359. The molecule has 0 heterocycles. The minimum Gasteiger partial charge on any atom is -0.377 e. The molecule has 0 saturated heterocycles. The van der Waals surface area contributed by atoms with Gasteiger partial charge in [0, 0.05) is 19.9 Å². The highest BCUT2D eigenvalue weighted by molar-refractivity contribution is 5.51. The molecule has 1 N–H and O–H groups in total. The van der Waals surface area contributed by atoms with Crippen molar-refractivity contribution < 1.29 is 13.9 Å². The Kier molecular flexibility index (Phi) is 4.71. The summed E-state index contributed by atoms with van der Waals surface area (Å²) in [6.45, 7) is 3.84. The SMILES string of the molecule is COC(OC)C(C)Nc1cc(F)ccc1C. The summed E-state index contributed by atoms with van der Waals surface area (Å²) in [6.07, 6.45) is -0.359. The highest BCUT2D eigenvalue weighted by Crippen LogP contribution is 2.18. The van der Waals surface area contributed by atoms with Gasteiger partial charge in [-0.3, -0.25) is 0 Å². The van der Waals surface area contributed by atoms with Crippen LogP contribution in [0, 0.1) is 12.7 Å². The number of benzene rings is 1. The van der Waals surface area contributed by atoms with Crippen molar-refractivity contribution >= 4 is 5.69 Å². The number of hydrogen-bond donors (Lipinski definition) is 1. The molecule has 1 rings (SSSR count). The van der Waals surface area contributed by atoms with Gasteiger partial charge in [0.2, 0.25) is 0 Å². The van der Waals surface area contributed by atoms with Crippen molar-refractivity contribution in [1.82, 2.24) is 0 Å². The van der Waals surface area contributed by atoms with Gasteiger partial charge in [0.1, 0.15) is 5.82 Å². The highest BCUT2D eigenvalue weighted by Gasteiger charge is 2.16. The Morgan fingerprint density at radius 3 is 2.44 bits per heavy atom. The van der Waals surface area contributed by atoms with Gasteiger partial charge in [-0.2, -0.15) is 0 Å². The monoisotopic (exact) mass is 227 g/mol. The van der Waals surface area contributed by atoms with Crippen LogP contribution in [0.1, 0.15) is 12.5 Å². The van der Waals surface area contributed by atoms with Gasteiger partial charge in [0.05, 0.1) is 6.04 Å². The molecule has 90 valence electrons. The van der Waals surface area contributed by atoms with Crippen molar-refractivity contribution in [3.8, 4) is 0 Å². The minimum absolute atomic E-state index is 0.0597. The molecule has 0 spiro atoms. The van der Waals surface area contributed by atoms with Gasteiger partial charge in [-0.25, -0.2) is 4.39 Å². The molecule has 16 heavy (non-hydrogen) atoms. The van der Waals surface area contributed by atoms with Crippen molar-refractivity contribution in [1.29, 1.82) is 0 Å². The number of methoxy groups -OCH3 is 2. The largest absolute Gasteiger partial charge is 0.377 e. The number of nitrogens with one attached hydrogen (secondary N) is 1. The second kappa shape index (κ2) is 5.82. The molecular formula is C12H18FNO2. The van der Waals surface area contributed by atoms with Crippen LogP contribution in [0.2, 0.25) is 0 Å². The van der Waals surface area contributed by atoms with E-state index in [1.165, 1.54) is 12.1 Å². The number of anilines is 1. The molecule has 1 atom stereocenters. The maximum Gasteiger partial charge on any atom is 0.176 e. The second-order valence-electron chi connectivity index (χ2n) is 3.73. The van der Waals surface area contributed by atoms with Crippen LogP contribution in [0.15, 0.2) is 18.2 Å². The Morgan fingerprint density at radius 2 is 1.88 bits per heavy atom. The van der Waals surface area contributed by atoms with Crippen molar-refractivity contribution in [2.24, 2.45) is 0 Å². The number of aryl methyl sites for hydroxylation is 1. The van der Waals surface area contributed by atoms with Crippen molar-refractivity contribution in [2.75, 3.05) is 19.5 Å². The molecule has 0 radical (unpaired) electrons. The fraction of sp³-hybridized carbons (Fsp3) is 0.500. The van der Waals surface area contributed by atoms with Crippen LogP contribution in [0.25, 0.3) is 0 Å². The van der Waals surface area contributed by atoms with Crippen LogP contribution < -0.4 is 5.32 Å².